The minimum Gasteiger partial charge on any atom is -0.485 e. The highest BCUT2D eigenvalue weighted by Gasteiger charge is 2.36. The van der Waals surface area contributed by atoms with Gasteiger partial charge in [0.2, 0.25) is 5.91 Å². The SMILES string of the molecule is Cc1cc(Cl)c(O[C@@H]2CCN(c3ncc(C[C@H](CN)C(=O)N(Cc4cccc(Cl)c4Cl)C4CC4)s3)C2)c(Cl)c1C. The minimum absolute atomic E-state index is 0.0479. The Morgan fingerprint density at radius 1 is 1.18 bits per heavy atom. The molecule has 2 aromatic carbocycles. The summed E-state index contributed by atoms with van der Waals surface area (Å²) < 4.78 is 6.25. The number of aromatic nitrogens is 1. The van der Waals surface area contributed by atoms with Crippen LogP contribution in [-0.2, 0) is 17.8 Å². The summed E-state index contributed by atoms with van der Waals surface area (Å²) in [7, 11) is 0. The predicted molar refractivity (Wildman–Crippen MR) is 166 cm³/mol. The summed E-state index contributed by atoms with van der Waals surface area (Å²) in [6.45, 7) is 6.13. The fourth-order valence-electron chi connectivity index (χ4n) is 5.00. The fraction of sp³-hybridized carbons (Fsp3) is 0.448. The van der Waals surface area contributed by atoms with Crippen LogP contribution in [0.5, 0.6) is 5.75 Å². The number of hydrogen-bond donors (Lipinski definition) is 1. The molecule has 0 spiro atoms. The van der Waals surface area contributed by atoms with Crippen LogP contribution in [-0.4, -0.2) is 47.6 Å². The summed E-state index contributed by atoms with van der Waals surface area (Å²) >= 11 is 27.2. The molecule has 40 heavy (non-hydrogen) atoms. The molecule has 2 N–H and O–H groups in total. The Hall–Kier alpha value is -1.74. The first-order chi connectivity index (χ1) is 19.2. The average Bonchev–Trinajstić information content (AvgIpc) is 3.48. The van der Waals surface area contributed by atoms with Crippen molar-refractivity contribution in [3.05, 3.63) is 72.1 Å². The zero-order valence-corrected chi connectivity index (χ0v) is 26.3. The number of rotatable bonds is 10. The number of amides is 1. The third-order valence-corrected chi connectivity index (χ3v) is 10.3. The first kappa shape index (κ1) is 29.7. The Morgan fingerprint density at radius 3 is 2.67 bits per heavy atom. The number of carbonyl (C=O) groups is 1. The summed E-state index contributed by atoms with van der Waals surface area (Å²) in [4.78, 5) is 23.5. The molecule has 1 aromatic heterocycles. The molecule has 0 radical (unpaired) electrons. The first-order valence-electron chi connectivity index (χ1n) is 13.4. The zero-order chi connectivity index (χ0) is 28.6. The third-order valence-electron chi connectivity index (χ3n) is 7.65. The van der Waals surface area contributed by atoms with Gasteiger partial charge in [0, 0.05) is 43.2 Å². The van der Waals surface area contributed by atoms with E-state index in [1.807, 2.05) is 43.1 Å². The molecular weight excluding hydrogens is 610 g/mol. The van der Waals surface area contributed by atoms with Crippen LogP contribution >= 0.6 is 57.7 Å². The van der Waals surface area contributed by atoms with Crippen molar-refractivity contribution in [2.45, 2.75) is 58.2 Å². The standard InChI is InChI=1S/C29H32Cl4N4O2S/c1-16-10-24(31)27(25(32)17(16)2)39-21-8-9-36(15-21)29-35-13-22(40-29)11-19(12-34)28(38)37(20-6-7-20)14-18-4-3-5-23(30)26(18)33/h3-5,10,13,19-21H,6-9,11-12,14-15,34H2,1-2H3/t19-,21-/m1/s1. The average molecular weight is 642 g/mol. The number of aryl methyl sites for hydroxylation is 1. The van der Waals surface area contributed by atoms with Crippen molar-refractivity contribution in [2.24, 2.45) is 11.7 Å². The largest absolute Gasteiger partial charge is 0.485 e. The number of halogens is 4. The van der Waals surface area contributed by atoms with Gasteiger partial charge in [-0.25, -0.2) is 4.98 Å². The normalized spacial score (nSPS) is 17.8. The molecule has 1 aliphatic carbocycles. The minimum atomic E-state index is -0.337. The van der Waals surface area contributed by atoms with E-state index in [9.17, 15) is 4.79 Å². The number of carbonyl (C=O) groups excluding carboxylic acids is 1. The quantitative estimate of drug-likeness (QED) is 0.251. The highest BCUT2D eigenvalue weighted by atomic mass is 35.5. The van der Waals surface area contributed by atoms with Gasteiger partial charge >= 0.3 is 0 Å². The summed E-state index contributed by atoms with van der Waals surface area (Å²) in [6, 6.07) is 7.63. The molecule has 2 aliphatic rings. The first-order valence-corrected chi connectivity index (χ1v) is 15.7. The van der Waals surface area contributed by atoms with Crippen LogP contribution in [0.15, 0.2) is 30.5 Å². The molecule has 1 saturated carbocycles. The van der Waals surface area contributed by atoms with Gasteiger partial charge in [-0.3, -0.25) is 4.79 Å². The van der Waals surface area contributed by atoms with Crippen LogP contribution in [0.2, 0.25) is 20.1 Å². The molecule has 3 aromatic rings. The maximum absolute atomic E-state index is 13.6. The lowest BCUT2D eigenvalue weighted by Gasteiger charge is -2.27. The van der Waals surface area contributed by atoms with Gasteiger partial charge in [0.1, 0.15) is 6.10 Å². The van der Waals surface area contributed by atoms with Crippen LogP contribution < -0.4 is 15.4 Å². The molecular formula is C29H32Cl4N4O2S. The van der Waals surface area contributed by atoms with Gasteiger partial charge in [-0.05, 0) is 61.9 Å². The Balaban J connectivity index is 1.22. The number of hydrogen-bond acceptors (Lipinski definition) is 6. The maximum Gasteiger partial charge on any atom is 0.227 e. The maximum atomic E-state index is 13.6. The number of benzene rings is 2. The molecule has 214 valence electrons. The molecule has 0 bridgehead atoms. The van der Waals surface area contributed by atoms with Gasteiger partial charge < -0.3 is 20.3 Å². The zero-order valence-electron chi connectivity index (χ0n) is 22.4. The van der Waals surface area contributed by atoms with Gasteiger partial charge in [-0.15, -0.1) is 11.3 Å². The van der Waals surface area contributed by atoms with Crippen LogP contribution in [0.3, 0.4) is 0 Å². The third kappa shape index (κ3) is 6.50. The molecule has 1 amide bonds. The molecule has 2 fully saturated rings. The smallest absolute Gasteiger partial charge is 0.227 e. The number of nitrogens with two attached hydrogens (primary N) is 1. The second-order valence-corrected chi connectivity index (χ2v) is 13.2. The Labute approximate surface area is 259 Å². The summed E-state index contributed by atoms with van der Waals surface area (Å²) in [5, 5.41) is 2.98. The molecule has 5 rings (SSSR count). The number of anilines is 1. The predicted octanol–water partition coefficient (Wildman–Crippen LogP) is 7.34. The van der Waals surface area contributed by atoms with Crippen molar-refractivity contribution >= 4 is 68.8 Å². The van der Waals surface area contributed by atoms with E-state index in [0.29, 0.717) is 45.4 Å². The Morgan fingerprint density at radius 2 is 1.95 bits per heavy atom. The number of thiazole rings is 1. The molecule has 2 atom stereocenters. The summed E-state index contributed by atoms with van der Waals surface area (Å²) in [5.74, 6) is 0.255. The molecule has 0 unspecified atom stereocenters. The van der Waals surface area contributed by atoms with Gasteiger partial charge in [0.15, 0.2) is 10.9 Å². The van der Waals surface area contributed by atoms with E-state index in [1.165, 1.54) is 0 Å². The molecule has 1 aliphatic heterocycles. The van der Waals surface area contributed by atoms with Gasteiger partial charge in [-0.1, -0.05) is 58.5 Å². The van der Waals surface area contributed by atoms with E-state index in [2.05, 4.69) is 9.88 Å². The van der Waals surface area contributed by atoms with E-state index in [0.717, 1.165) is 52.5 Å². The van der Waals surface area contributed by atoms with Crippen LogP contribution in [0, 0.1) is 19.8 Å². The Kier molecular flexibility index (Phi) is 9.40. The van der Waals surface area contributed by atoms with Crippen molar-refractivity contribution < 1.29 is 9.53 Å². The fourth-order valence-corrected chi connectivity index (χ4v) is 7.05. The van der Waals surface area contributed by atoms with Crippen LogP contribution in [0.1, 0.15) is 40.8 Å². The van der Waals surface area contributed by atoms with Gasteiger partial charge in [0.25, 0.3) is 0 Å². The van der Waals surface area contributed by atoms with Crippen molar-refractivity contribution in [1.29, 1.82) is 0 Å². The Bertz CT molecular complexity index is 1400. The van der Waals surface area contributed by atoms with Crippen LogP contribution in [0.25, 0.3) is 0 Å². The van der Waals surface area contributed by atoms with Crippen molar-refractivity contribution in [3.63, 3.8) is 0 Å². The van der Waals surface area contributed by atoms with E-state index >= 15 is 0 Å². The number of nitrogens with zero attached hydrogens (tertiary/aromatic N) is 3. The van der Waals surface area contributed by atoms with E-state index in [1.54, 1.807) is 17.4 Å². The molecule has 1 saturated heterocycles. The second kappa shape index (κ2) is 12.6. The second-order valence-electron chi connectivity index (χ2n) is 10.6. The van der Waals surface area contributed by atoms with Crippen LogP contribution in [0.4, 0.5) is 5.13 Å². The molecule has 2 heterocycles. The molecule has 6 nitrogen and oxygen atoms in total. The monoisotopic (exact) mass is 640 g/mol. The van der Waals surface area contributed by atoms with Crippen molar-refractivity contribution in [1.82, 2.24) is 9.88 Å². The lowest BCUT2D eigenvalue weighted by Crippen LogP contribution is -2.41. The highest BCUT2D eigenvalue weighted by molar-refractivity contribution is 7.15. The van der Waals surface area contributed by atoms with Gasteiger partial charge in [-0.2, -0.15) is 0 Å². The summed E-state index contributed by atoms with van der Waals surface area (Å²) in [6.07, 6.45) is 5.16. The topological polar surface area (TPSA) is 71.7 Å². The summed E-state index contributed by atoms with van der Waals surface area (Å²) in [5.41, 5.74) is 8.99. The number of ether oxygens (including phenoxy) is 1. The lowest BCUT2D eigenvalue weighted by atomic mass is 10.0. The molecule has 11 heteroatoms. The van der Waals surface area contributed by atoms with E-state index in [-0.39, 0.29) is 30.5 Å². The van der Waals surface area contributed by atoms with E-state index < -0.39 is 0 Å². The van der Waals surface area contributed by atoms with Crippen molar-refractivity contribution in [3.8, 4) is 5.75 Å². The van der Waals surface area contributed by atoms with E-state index in [4.69, 9.17) is 56.9 Å². The lowest BCUT2D eigenvalue weighted by molar-refractivity contribution is -0.136. The van der Waals surface area contributed by atoms with Crippen molar-refractivity contribution in [2.75, 3.05) is 24.5 Å². The highest BCUT2D eigenvalue weighted by Crippen LogP contribution is 2.39. The van der Waals surface area contributed by atoms with Gasteiger partial charge in [0.05, 0.1) is 32.6 Å².